The van der Waals surface area contributed by atoms with E-state index < -0.39 is 0 Å². The molecule has 0 saturated heterocycles. The summed E-state index contributed by atoms with van der Waals surface area (Å²) in [4.78, 5) is 13.8. The van der Waals surface area contributed by atoms with Crippen molar-refractivity contribution in [2.24, 2.45) is 0 Å². The molecule has 1 saturated carbocycles. The van der Waals surface area contributed by atoms with Crippen molar-refractivity contribution in [1.29, 1.82) is 0 Å². The Bertz CT molecular complexity index is 584. The highest BCUT2D eigenvalue weighted by molar-refractivity contribution is 5.76. The van der Waals surface area contributed by atoms with Gasteiger partial charge in [0.05, 0.1) is 0 Å². The van der Waals surface area contributed by atoms with Gasteiger partial charge in [-0.2, -0.15) is 0 Å². The highest BCUT2D eigenvalue weighted by Crippen LogP contribution is 2.26. The normalized spacial score (nSPS) is 14.2. The topological polar surface area (TPSA) is 33.5 Å². The number of nitrogens with zero attached hydrogens (tertiary/aromatic N) is 1. The molecule has 1 aromatic carbocycles. The Morgan fingerprint density at radius 3 is 2.65 bits per heavy atom. The molecule has 3 rings (SSSR count). The largest absolute Gasteiger partial charge is 0.461 e. The molecule has 3 heteroatoms. The van der Waals surface area contributed by atoms with Crippen molar-refractivity contribution in [3.05, 3.63) is 48.2 Å². The SMILES string of the molecule is CN(C(=O)CCc1ccc(-c2ccccc2)o1)C1CC1. The monoisotopic (exact) mass is 269 g/mol. The molecule has 1 aliphatic rings. The van der Waals surface area contributed by atoms with E-state index in [4.69, 9.17) is 4.42 Å². The van der Waals surface area contributed by atoms with Crippen molar-refractivity contribution >= 4 is 5.91 Å². The lowest BCUT2D eigenvalue weighted by molar-refractivity contribution is -0.130. The van der Waals surface area contributed by atoms with Gasteiger partial charge in [-0.3, -0.25) is 4.79 Å². The lowest BCUT2D eigenvalue weighted by Crippen LogP contribution is -2.28. The van der Waals surface area contributed by atoms with Crippen molar-refractivity contribution in [2.75, 3.05) is 7.05 Å². The minimum Gasteiger partial charge on any atom is -0.461 e. The van der Waals surface area contributed by atoms with Gasteiger partial charge < -0.3 is 9.32 Å². The average Bonchev–Trinajstić information content (AvgIpc) is 3.23. The molecule has 2 aromatic rings. The Morgan fingerprint density at radius 2 is 1.95 bits per heavy atom. The van der Waals surface area contributed by atoms with Crippen LogP contribution in [0.4, 0.5) is 0 Å². The predicted molar refractivity (Wildman–Crippen MR) is 78.3 cm³/mol. The number of benzene rings is 1. The van der Waals surface area contributed by atoms with Crippen LogP contribution in [0.15, 0.2) is 46.9 Å². The zero-order chi connectivity index (χ0) is 13.9. The number of rotatable bonds is 5. The summed E-state index contributed by atoms with van der Waals surface area (Å²) in [5, 5.41) is 0. The standard InChI is InChI=1S/C17H19NO2/c1-18(14-7-8-14)17(19)12-10-15-9-11-16(20-15)13-5-3-2-4-6-13/h2-6,9,11,14H,7-8,10,12H2,1H3. The Hall–Kier alpha value is -2.03. The lowest BCUT2D eigenvalue weighted by atomic mass is 10.2. The first-order valence-corrected chi connectivity index (χ1v) is 7.14. The van der Waals surface area contributed by atoms with Crippen molar-refractivity contribution in [3.63, 3.8) is 0 Å². The van der Waals surface area contributed by atoms with Gasteiger partial charge in [0, 0.05) is 31.5 Å². The maximum atomic E-state index is 12.0. The molecule has 0 spiro atoms. The van der Waals surface area contributed by atoms with Crippen LogP contribution in [0.2, 0.25) is 0 Å². The maximum absolute atomic E-state index is 12.0. The molecular weight excluding hydrogens is 250 g/mol. The molecule has 0 radical (unpaired) electrons. The smallest absolute Gasteiger partial charge is 0.223 e. The summed E-state index contributed by atoms with van der Waals surface area (Å²) in [5.41, 5.74) is 1.07. The Labute approximate surface area is 119 Å². The molecule has 3 nitrogen and oxygen atoms in total. The summed E-state index contributed by atoms with van der Waals surface area (Å²) >= 11 is 0. The van der Waals surface area contributed by atoms with Crippen LogP contribution in [0.3, 0.4) is 0 Å². The maximum Gasteiger partial charge on any atom is 0.223 e. The van der Waals surface area contributed by atoms with Gasteiger partial charge in [-0.1, -0.05) is 30.3 Å². The van der Waals surface area contributed by atoms with Crippen LogP contribution < -0.4 is 0 Å². The van der Waals surface area contributed by atoms with E-state index in [1.807, 2.05) is 54.4 Å². The molecule has 0 aliphatic heterocycles. The molecule has 1 heterocycles. The molecule has 0 unspecified atom stereocenters. The van der Waals surface area contributed by atoms with Gasteiger partial charge in [0.2, 0.25) is 5.91 Å². The van der Waals surface area contributed by atoms with Gasteiger partial charge in [0.15, 0.2) is 0 Å². The molecule has 1 amide bonds. The van der Waals surface area contributed by atoms with E-state index >= 15 is 0 Å². The van der Waals surface area contributed by atoms with Crippen LogP contribution in [0.25, 0.3) is 11.3 Å². The summed E-state index contributed by atoms with van der Waals surface area (Å²) in [5.74, 6) is 1.95. The number of amides is 1. The van der Waals surface area contributed by atoms with E-state index in [2.05, 4.69) is 0 Å². The molecule has 0 bridgehead atoms. The number of hydrogen-bond donors (Lipinski definition) is 0. The third-order valence-electron chi connectivity index (χ3n) is 3.79. The minimum atomic E-state index is 0.213. The van der Waals surface area contributed by atoms with Crippen molar-refractivity contribution in [1.82, 2.24) is 4.90 Å². The molecule has 0 atom stereocenters. The second kappa shape index (κ2) is 5.53. The van der Waals surface area contributed by atoms with Crippen molar-refractivity contribution in [2.45, 2.75) is 31.7 Å². The average molecular weight is 269 g/mol. The zero-order valence-electron chi connectivity index (χ0n) is 11.7. The van der Waals surface area contributed by atoms with Crippen LogP contribution >= 0.6 is 0 Å². The van der Waals surface area contributed by atoms with Crippen LogP contribution in [0.1, 0.15) is 25.0 Å². The van der Waals surface area contributed by atoms with E-state index in [0.29, 0.717) is 18.9 Å². The van der Waals surface area contributed by atoms with Gasteiger partial charge in [-0.25, -0.2) is 0 Å². The summed E-state index contributed by atoms with van der Waals surface area (Å²) in [6, 6.07) is 14.4. The third-order valence-corrected chi connectivity index (χ3v) is 3.79. The van der Waals surface area contributed by atoms with E-state index in [1.165, 1.54) is 0 Å². The fourth-order valence-corrected chi connectivity index (χ4v) is 2.34. The van der Waals surface area contributed by atoms with E-state index in [9.17, 15) is 4.79 Å². The van der Waals surface area contributed by atoms with Gasteiger partial charge in [-0.05, 0) is 25.0 Å². The van der Waals surface area contributed by atoms with E-state index in [0.717, 1.165) is 29.9 Å². The van der Waals surface area contributed by atoms with Gasteiger partial charge in [0.25, 0.3) is 0 Å². The minimum absolute atomic E-state index is 0.213. The molecule has 1 aromatic heterocycles. The Balaban J connectivity index is 1.59. The zero-order valence-corrected chi connectivity index (χ0v) is 11.7. The van der Waals surface area contributed by atoms with E-state index in [1.54, 1.807) is 0 Å². The van der Waals surface area contributed by atoms with Crippen LogP contribution in [0, 0.1) is 0 Å². The fraction of sp³-hybridized carbons (Fsp3) is 0.353. The van der Waals surface area contributed by atoms with Gasteiger partial charge in [-0.15, -0.1) is 0 Å². The summed E-state index contributed by atoms with van der Waals surface area (Å²) in [7, 11) is 1.90. The predicted octanol–water partition coefficient (Wildman–Crippen LogP) is 3.50. The molecule has 0 N–H and O–H groups in total. The molecule has 20 heavy (non-hydrogen) atoms. The third kappa shape index (κ3) is 2.93. The number of hydrogen-bond acceptors (Lipinski definition) is 2. The fourth-order valence-electron chi connectivity index (χ4n) is 2.34. The van der Waals surface area contributed by atoms with E-state index in [-0.39, 0.29) is 5.91 Å². The number of carbonyl (C=O) groups excluding carboxylic acids is 1. The summed E-state index contributed by atoms with van der Waals surface area (Å²) < 4.78 is 5.81. The number of furan rings is 1. The van der Waals surface area contributed by atoms with Crippen LogP contribution in [-0.4, -0.2) is 23.9 Å². The van der Waals surface area contributed by atoms with Crippen LogP contribution in [-0.2, 0) is 11.2 Å². The van der Waals surface area contributed by atoms with Crippen LogP contribution in [0.5, 0.6) is 0 Å². The number of carbonyl (C=O) groups is 1. The highest BCUT2D eigenvalue weighted by Gasteiger charge is 2.29. The second-order valence-corrected chi connectivity index (χ2v) is 5.37. The first kappa shape index (κ1) is 13.0. The first-order chi connectivity index (χ1) is 9.74. The number of aryl methyl sites for hydroxylation is 1. The summed E-state index contributed by atoms with van der Waals surface area (Å²) in [6.45, 7) is 0. The van der Waals surface area contributed by atoms with Crippen molar-refractivity contribution < 1.29 is 9.21 Å². The van der Waals surface area contributed by atoms with Crippen molar-refractivity contribution in [3.8, 4) is 11.3 Å². The van der Waals surface area contributed by atoms with Gasteiger partial charge >= 0.3 is 0 Å². The molecular formula is C17H19NO2. The highest BCUT2D eigenvalue weighted by atomic mass is 16.3. The Morgan fingerprint density at radius 1 is 1.20 bits per heavy atom. The first-order valence-electron chi connectivity index (χ1n) is 7.14. The van der Waals surface area contributed by atoms with Gasteiger partial charge in [0.1, 0.15) is 11.5 Å². The molecule has 104 valence electrons. The quantitative estimate of drug-likeness (QED) is 0.832. The molecule has 1 fully saturated rings. The summed E-state index contributed by atoms with van der Waals surface area (Å²) in [6.07, 6.45) is 3.50. The lowest BCUT2D eigenvalue weighted by Gasteiger charge is -2.15. The Kier molecular flexibility index (Phi) is 3.59. The molecule has 1 aliphatic carbocycles. The second-order valence-electron chi connectivity index (χ2n) is 5.37.